The Morgan fingerprint density at radius 3 is 2.42 bits per heavy atom. The Hall–Kier alpha value is -0.960. The van der Waals surface area contributed by atoms with Crippen LogP contribution in [-0.4, -0.2) is 25.0 Å². The van der Waals surface area contributed by atoms with Gasteiger partial charge in [0, 0.05) is 4.43 Å². The van der Waals surface area contributed by atoms with Gasteiger partial charge in [-0.25, -0.2) is 13.1 Å². The highest BCUT2D eigenvalue weighted by Gasteiger charge is 2.37. The maximum Gasteiger partial charge on any atom is 0.240 e. The highest BCUT2D eigenvalue weighted by atomic mass is 127. The molecule has 0 spiro atoms. The average molecular weight is 457 g/mol. The summed E-state index contributed by atoms with van der Waals surface area (Å²) in [5.74, 6) is 0. The predicted molar refractivity (Wildman–Crippen MR) is 103 cm³/mol. The lowest BCUT2D eigenvalue weighted by Crippen LogP contribution is -2.41. The second-order valence-corrected chi connectivity index (χ2v) is 8.60. The molecule has 1 aliphatic rings. The average Bonchev–Trinajstić information content (AvgIpc) is 2.98. The smallest absolute Gasteiger partial charge is 0.240 e. The largest absolute Gasteiger partial charge is 0.368 e. The molecule has 1 N–H and O–H groups in total. The number of ether oxygens (including phenoxy) is 1. The van der Waals surface area contributed by atoms with Crippen LogP contribution in [0.4, 0.5) is 0 Å². The van der Waals surface area contributed by atoms with E-state index in [0.717, 1.165) is 15.6 Å². The lowest BCUT2D eigenvalue weighted by Gasteiger charge is -2.17. The zero-order valence-electron chi connectivity index (χ0n) is 13.4. The van der Waals surface area contributed by atoms with Gasteiger partial charge in [-0.15, -0.1) is 0 Å². The lowest BCUT2D eigenvalue weighted by molar-refractivity contribution is 0.0556. The van der Waals surface area contributed by atoms with Gasteiger partial charge in [0.25, 0.3) is 0 Å². The van der Waals surface area contributed by atoms with Gasteiger partial charge in [0.15, 0.2) is 0 Å². The maximum atomic E-state index is 12.6. The van der Waals surface area contributed by atoms with Crippen molar-refractivity contribution in [2.24, 2.45) is 0 Å². The van der Waals surface area contributed by atoms with E-state index in [4.69, 9.17) is 4.74 Å². The molecule has 24 heavy (non-hydrogen) atoms. The molecule has 1 fully saturated rings. The zero-order valence-corrected chi connectivity index (χ0v) is 16.3. The number of halogens is 1. The number of sulfonamides is 1. The number of aryl methyl sites for hydroxylation is 1. The van der Waals surface area contributed by atoms with Gasteiger partial charge in [0.05, 0.1) is 23.1 Å². The van der Waals surface area contributed by atoms with E-state index in [0.29, 0.717) is 11.3 Å². The first kappa shape index (κ1) is 17.8. The first-order valence-corrected chi connectivity index (χ1v) is 10.9. The predicted octanol–water partition coefficient (Wildman–Crippen LogP) is 3.61. The van der Waals surface area contributed by atoms with E-state index in [2.05, 4.69) is 27.3 Å². The van der Waals surface area contributed by atoms with Gasteiger partial charge in [-0.1, -0.05) is 70.6 Å². The van der Waals surface area contributed by atoms with Crippen LogP contribution in [-0.2, 0) is 14.8 Å². The molecule has 0 unspecified atom stereocenters. The van der Waals surface area contributed by atoms with Gasteiger partial charge in [-0.3, -0.25) is 0 Å². The van der Waals surface area contributed by atoms with Crippen LogP contribution in [0.5, 0.6) is 0 Å². The Labute approximate surface area is 156 Å². The summed E-state index contributed by atoms with van der Waals surface area (Å²) < 4.78 is 34.9. The quantitative estimate of drug-likeness (QED) is 0.552. The molecule has 2 aromatic rings. The summed E-state index contributed by atoms with van der Waals surface area (Å²) in [7, 11) is -3.54. The number of benzene rings is 2. The molecular formula is C18H20INO3S. The van der Waals surface area contributed by atoms with Crippen molar-refractivity contribution >= 4 is 32.6 Å². The first-order chi connectivity index (χ1) is 11.5. The van der Waals surface area contributed by atoms with Crippen LogP contribution < -0.4 is 4.72 Å². The molecule has 0 bridgehead atoms. The van der Waals surface area contributed by atoms with Crippen LogP contribution >= 0.6 is 22.6 Å². The van der Waals surface area contributed by atoms with Gasteiger partial charge in [-0.2, -0.15) is 0 Å². The fourth-order valence-electron chi connectivity index (χ4n) is 2.88. The maximum absolute atomic E-state index is 12.6. The number of hydrogen-bond acceptors (Lipinski definition) is 3. The Morgan fingerprint density at radius 2 is 1.79 bits per heavy atom. The van der Waals surface area contributed by atoms with Crippen LogP contribution in [0, 0.1) is 6.92 Å². The third kappa shape index (κ3) is 3.99. The minimum atomic E-state index is -3.54. The van der Waals surface area contributed by atoms with E-state index in [1.807, 2.05) is 49.4 Å². The molecule has 3 rings (SSSR count). The SMILES string of the molecule is Cc1ccc(S(=O)(=O)N[C@H]2C[C@H](c3ccccc3)O[C@@H]2CI)cc1. The normalized spacial score (nSPS) is 24.2. The molecule has 0 saturated carbocycles. The van der Waals surface area contributed by atoms with E-state index in [1.165, 1.54) is 0 Å². The summed E-state index contributed by atoms with van der Waals surface area (Å²) >= 11 is 2.24. The number of rotatable bonds is 5. The van der Waals surface area contributed by atoms with E-state index < -0.39 is 10.0 Å². The standard InChI is InChI=1S/C18H20INO3S/c1-13-7-9-15(10-8-13)24(21,22)20-16-11-17(23-18(16)12-19)14-5-3-2-4-6-14/h2-10,16-18,20H,11-12H2,1H3/t16-,17+,18+/m0/s1. The molecule has 6 heteroatoms. The molecule has 0 aromatic heterocycles. The van der Waals surface area contributed by atoms with Crippen molar-refractivity contribution in [1.29, 1.82) is 0 Å². The zero-order chi connectivity index (χ0) is 17.2. The monoisotopic (exact) mass is 457 g/mol. The van der Waals surface area contributed by atoms with Crippen LogP contribution in [0.3, 0.4) is 0 Å². The Morgan fingerprint density at radius 1 is 1.12 bits per heavy atom. The van der Waals surface area contributed by atoms with E-state index in [1.54, 1.807) is 12.1 Å². The molecule has 3 atom stereocenters. The summed E-state index contributed by atoms with van der Waals surface area (Å²) in [6.45, 7) is 1.94. The molecule has 1 heterocycles. The number of alkyl halides is 1. The third-order valence-corrected chi connectivity index (χ3v) is 6.59. The Bertz CT molecular complexity index is 778. The first-order valence-electron chi connectivity index (χ1n) is 7.85. The van der Waals surface area contributed by atoms with Crippen LogP contribution in [0.1, 0.15) is 23.7 Å². The molecular weight excluding hydrogens is 437 g/mol. The van der Waals surface area contributed by atoms with Crippen molar-refractivity contribution < 1.29 is 13.2 Å². The number of nitrogens with one attached hydrogen (secondary N) is 1. The minimum absolute atomic E-state index is 0.0725. The van der Waals surface area contributed by atoms with Crippen molar-refractivity contribution in [2.45, 2.75) is 36.5 Å². The molecule has 0 radical (unpaired) electrons. The second-order valence-electron chi connectivity index (χ2n) is 6.00. The van der Waals surface area contributed by atoms with Crippen molar-refractivity contribution in [1.82, 2.24) is 4.72 Å². The van der Waals surface area contributed by atoms with Gasteiger partial charge < -0.3 is 4.74 Å². The van der Waals surface area contributed by atoms with Gasteiger partial charge in [0.2, 0.25) is 10.0 Å². The molecule has 128 valence electrons. The molecule has 0 amide bonds. The molecule has 1 aliphatic heterocycles. The topological polar surface area (TPSA) is 55.4 Å². The summed E-state index contributed by atoms with van der Waals surface area (Å²) in [6, 6.07) is 16.6. The van der Waals surface area contributed by atoms with Crippen LogP contribution in [0.15, 0.2) is 59.5 Å². The lowest BCUT2D eigenvalue weighted by atomic mass is 10.0. The Kier molecular flexibility index (Phi) is 5.59. The van der Waals surface area contributed by atoms with Crippen molar-refractivity contribution in [2.75, 3.05) is 4.43 Å². The molecule has 0 aliphatic carbocycles. The van der Waals surface area contributed by atoms with E-state index in [-0.39, 0.29) is 18.2 Å². The third-order valence-electron chi connectivity index (χ3n) is 4.22. The van der Waals surface area contributed by atoms with Crippen molar-refractivity contribution in [3.8, 4) is 0 Å². The summed E-state index contributed by atoms with van der Waals surface area (Å²) in [5.41, 5.74) is 2.12. The van der Waals surface area contributed by atoms with Gasteiger partial charge >= 0.3 is 0 Å². The van der Waals surface area contributed by atoms with Crippen molar-refractivity contribution in [3.63, 3.8) is 0 Å². The second kappa shape index (κ2) is 7.51. The van der Waals surface area contributed by atoms with Crippen molar-refractivity contribution in [3.05, 3.63) is 65.7 Å². The summed E-state index contributed by atoms with van der Waals surface area (Å²) in [6.07, 6.45) is 0.440. The Balaban J connectivity index is 1.77. The summed E-state index contributed by atoms with van der Waals surface area (Å²) in [4.78, 5) is 0.295. The van der Waals surface area contributed by atoms with Gasteiger partial charge in [0.1, 0.15) is 0 Å². The fraction of sp³-hybridized carbons (Fsp3) is 0.333. The van der Waals surface area contributed by atoms with Crippen LogP contribution in [0.2, 0.25) is 0 Å². The summed E-state index contributed by atoms with van der Waals surface area (Å²) in [5, 5.41) is 0. The highest BCUT2D eigenvalue weighted by molar-refractivity contribution is 14.1. The van der Waals surface area contributed by atoms with Gasteiger partial charge in [-0.05, 0) is 31.0 Å². The van der Waals surface area contributed by atoms with E-state index in [9.17, 15) is 8.42 Å². The molecule has 4 nitrogen and oxygen atoms in total. The number of hydrogen-bond donors (Lipinski definition) is 1. The fourth-order valence-corrected chi connectivity index (χ4v) is 4.98. The minimum Gasteiger partial charge on any atom is -0.368 e. The highest BCUT2D eigenvalue weighted by Crippen LogP contribution is 2.34. The molecule has 1 saturated heterocycles. The van der Waals surface area contributed by atoms with E-state index >= 15 is 0 Å². The van der Waals surface area contributed by atoms with Crippen LogP contribution in [0.25, 0.3) is 0 Å². The molecule has 2 aromatic carbocycles.